The molecule has 1 spiro atoms. The van der Waals surface area contributed by atoms with Crippen molar-refractivity contribution in [2.45, 2.75) is 62.3 Å². The maximum absolute atomic E-state index is 14.2. The lowest BCUT2D eigenvalue weighted by atomic mass is 9.49. The first kappa shape index (κ1) is 28.2. The van der Waals surface area contributed by atoms with Crippen molar-refractivity contribution < 1.29 is 32.3 Å². The van der Waals surface area contributed by atoms with Gasteiger partial charge in [-0.25, -0.2) is 0 Å². The number of aliphatic hydroxyl groups is 1. The highest BCUT2D eigenvalue weighted by molar-refractivity contribution is 5.99. The molecule has 6 rings (SSSR count). The largest absolute Gasteiger partial charge is 0.421 e. The average Bonchev–Trinajstić information content (AvgIpc) is 3.26. The molecule has 9 heteroatoms. The predicted octanol–water partition coefficient (Wildman–Crippen LogP) is 4.56. The molecule has 1 aromatic carbocycles. The van der Waals surface area contributed by atoms with Crippen molar-refractivity contribution in [1.82, 2.24) is 10.2 Å². The first-order valence-corrected chi connectivity index (χ1v) is 14.5. The van der Waals surface area contributed by atoms with Gasteiger partial charge >= 0.3 is 6.18 Å². The number of nitrogens with zero attached hydrogens (tertiary/aromatic N) is 2. The van der Waals surface area contributed by atoms with Crippen LogP contribution in [0.3, 0.4) is 0 Å². The summed E-state index contributed by atoms with van der Waals surface area (Å²) in [6.07, 6.45) is 2.81. The van der Waals surface area contributed by atoms with Crippen molar-refractivity contribution in [3.63, 3.8) is 0 Å². The molecule has 2 heterocycles. The minimum atomic E-state index is -4.92. The molecule has 5 aliphatic rings. The number of amides is 1. The number of likely N-dealkylation sites (tertiary alicyclic amines) is 1. The van der Waals surface area contributed by atoms with Crippen LogP contribution in [0.25, 0.3) is 6.08 Å². The van der Waals surface area contributed by atoms with Crippen LogP contribution in [0.4, 0.5) is 13.2 Å². The first-order valence-electron chi connectivity index (χ1n) is 14.5. The molecule has 41 heavy (non-hydrogen) atoms. The van der Waals surface area contributed by atoms with Gasteiger partial charge in [0, 0.05) is 44.0 Å². The van der Waals surface area contributed by atoms with E-state index in [9.17, 15) is 23.1 Å². The Hall–Kier alpha value is -2.88. The van der Waals surface area contributed by atoms with Crippen molar-refractivity contribution in [3.8, 4) is 0 Å². The number of benzene rings is 1. The highest BCUT2D eigenvalue weighted by Crippen LogP contribution is 2.67. The SMILES string of the molecule is C=CC[N+]1(C)CC[C@@]23C4=C5C[C@@H]1[C@@H]2CCC[C@@H]3OC4C(O)(NC(=O)C(=Cc1ccccc1)C(F)(F)F)C=C5N(C)C. The van der Waals surface area contributed by atoms with Crippen LogP contribution in [0.1, 0.15) is 37.7 Å². The number of alkyl halides is 3. The summed E-state index contributed by atoms with van der Waals surface area (Å²) in [7, 11) is 6.03. The van der Waals surface area contributed by atoms with Crippen LogP contribution in [0.2, 0.25) is 0 Å². The smallest absolute Gasteiger partial charge is 0.378 e. The molecular formula is C32H39F3N3O3+. The van der Waals surface area contributed by atoms with Crippen molar-refractivity contribution in [2.75, 3.05) is 34.2 Å². The topological polar surface area (TPSA) is 61.8 Å². The van der Waals surface area contributed by atoms with Crippen molar-refractivity contribution in [3.05, 3.63) is 77.0 Å². The van der Waals surface area contributed by atoms with Gasteiger partial charge in [0.1, 0.15) is 11.7 Å². The van der Waals surface area contributed by atoms with E-state index in [0.717, 1.165) is 72.6 Å². The third kappa shape index (κ3) is 4.22. The lowest BCUT2D eigenvalue weighted by Crippen LogP contribution is -2.69. The number of halogens is 3. The summed E-state index contributed by atoms with van der Waals surface area (Å²) in [5.74, 6) is -1.06. The fourth-order valence-electron chi connectivity index (χ4n) is 8.70. The van der Waals surface area contributed by atoms with E-state index in [1.807, 2.05) is 25.1 Å². The van der Waals surface area contributed by atoms with Gasteiger partial charge in [-0.3, -0.25) is 4.79 Å². The molecule has 1 aromatic rings. The Morgan fingerprint density at radius 2 is 2.00 bits per heavy atom. The Balaban J connectivity index is 1.44. The first-order chi connectivity index (χ1) is 19.3. The summed E-state index contributed by atoms with van der Waals surface area (Å²) in [5, 5.41) is 14.6. The summed E-state index contributed by atoms with van der Waals surface area (Å²) in [5.41, 5.74) is -0.758. The van der Waals surface area contributed by atoms with Crippen LogP contribution in [-0.4, -0.2) is 84.8 Å². The Kier molecular flexibility index (Phi) is 6.60. The summed E-state index contributed by atoms with van der Waals surface area (Å²) in [6.45, 7) is 5.83. The number of rotatable bonds is 6. The Bertz CT molecular complexity index is 1350. The molecule has 1 saturated carbocycles. The van der Waals surface area contributed by atoms with Crippen molar-refractivity contribution in [1.29, 1.82) is 0 Å². The summed E-state index contributed by atoms with van der Waals surface area (Å²) in [6, 6.07) is 8.25. The maximum atomic E-state index is 14.2. The Morgan fingerprint density at radius 3 is 2.66 bits per heavy atom. The molecule has 2 saturated heterocycles. The number of likely N-dealkylation sites (N-methyl/N-ethyl adjacent to an activating group) is 2. The minimum absolute atomic E-state index is 0.156. The number of carbonyl (C=O) groups excluding carboxylic acids is 1. The molecule has 2 aliphatic heterocycles. The van der Waals surface area contributed by atoms with E-state index < -0.39 is 29.5 Å². The Labute approximate surface area is 239 Å². The number of carbonyl (C=O) groups is 1. The number of hydrogen-bond acceptors (Lipinski definition) is 4. The number of quaternary nitrogens is 1. The second-order valence-electron chi connectivity index (χ2n) is 12.8. The van der Waals surface area contributed by atoms with Gasteiger partial charge in [-0.1, -0.05) is 43.3 Å². The predicted molar refractivity (Wildman–Crippen MR) is 150 cm³/mol. The van der Waals surface area contributed by atoms with Crippen LogP contribution >= 0.6 is 0 Å². The number of piperidine rings is 1. The number of allylic oxidation sites excluding steroid dienone is 1. The van der Waals surface area contributed by atoms with Crippen molar-refractivity contribution >= 4 is 12.0 Å². The number of ether oxygens (including phenoxy) is 1. The fraction of sp³-hybridized carbons (Fsp3) is 0.531. The maximum Gasteiger partial charge on any atom is 0.421 e. The van der Waals surface area contributed by atoms with Gasteiger partial charge in [-0.15, -0.1) is 0 Å². The molecule has 3 unspecified atom stereocenters. The van der Waals surface area contributed by atoms with E-state index in [1.54, 1.807) is 18.2 Å². The zero-order valence-electron chi connectivity index (χ0n) is 23.9. The molecule has 2 N–H and O–H groups in total. The second kappa shape index (κ2) is 9.57. The molecule has 6 nitrogen and oxygen atoms in total. The quantitative estimate of drug-likeness (QED) is 0.228. The Morgan fingerprint density at radius 1 is 1.27 bits per heavy atom. The van der Waals surface area contributed by atoms with Gasteiger partial charge in [0.05, 0.1) is 32.3 Å². The lowest BCUT2D eigenvalue weighted by molar-refractivity contribution is -0.940. The third-order valence-electron chi connectivity index (χ3n) is 10.4. The molecule has 0 aromatic heterocycles. The van der Waals surface area contributed by atoms with E-state index in [0.29, 0.717) is 12.0 Å². The van der Waals surface area contributed by atoms with Gasteiger partial charge < -0.3 is 24.5 Å². The lowest BCUT2D eigenvalue weighted by Gasteiger charge is -2.62. The van der Waals surface area contributed by atoms with E-state index in [-0.39, 0.29) is 17.1 Å². The third-order valence-corrected chi connectivity index (χ3v) is 10.4. The summed E-state index contributed by atoms with van der Waals surface area (Å²) >= 11 is 0. The normalized spacial score (nSPS) is 37.7. The standard InChI is InChI=1S/C32H38F3N3O3/c1-5-15-38(4)16-14-30-22-12-9-13-26(30)41-28-27(30)21(18-25(22)38)24(37(2)3)19-31(28,40)36-29(39)23(32(33,34)35)17-20-10-7-6-8-11-20/h5-8,10-11,17,19,22,25-26,28,40H,1,9,12-16,18H2,2-4H3/p+1/t22-,25+,26-,28?,30+,31?,38?/m0/s1. The van der Waals surface area contributed by atoms with Crippen LogP contribution in [0, 0.1) is 11.3 Å². The van der Waals surface area contributed by atoms with Crippen LogP contribution in [0.5, 0.6) is 0 Å². The molecular weight excluding hydrogens is 531 g/mol. The highest BCUT2D eigenvalue weighted by Gasteiger charge is 2.71. The zero-order chi connectivity index (χ0) is 29.4. The van der Waals surface area contributed by atoms with Gasteiger partial charge in [-0.05, 0) is 47.8 Å². The monoisotopic (exact) mass is 570 g/mol. The van der Waals surface area contributed by atoms with Gasteiger partial charge in [-0.2, -0.15) is 13.2 Å². The summed E-state index contributed by atoms with van der Waals surface area (Å²) < 4.78 is 50.1. The fourth-order valence-corrected chi connectivity index (χ4v) is 8.70. The average molecular weight is 571 g/mol. The van der Waals surface area contributed by atoms with E-state index >= 15 is 0 Å². The molecule has 3 fully saturated rings. The van der Waals surface area contributed by atoms with Crippen LogP contribution < -0.4 is 5.32 Å². The van der Waals surface area contributed by atoms with Crippen molar-refractivity contribution in [2.24, 2.45) is 11.3 Å². The van der Waals surface area contributed by atoms with Crippen LogP contribution in [-0.2, 0) is 9.53 Å². The summed E-state index contributed by atoms with van der Waals surface area (Å²) in [4.78, 5) is 15.3. The van der Waals surface area contributed by atoms with Gasteiger partial charge in [0.15, 0.2) is 5.72 Å². The van der Waals surface area contributed by atoms with Gasteiger partial charge in [0.2, 0.25) is 0 Å². The zero-order valence-corrected chi connectivity index (χ0v) is 23.9. The molecule has 0 radical (unpaired) electrons. The van der Waals surface area contributed by atoms with E-state index in [4.69, 9.17) is 4.74 Å². The van der Waals surface area contributed by atoms with E-state index in [1.165, 1.54) is 18.2 Å². The van der Waals surface area contributed by atoms with Gasteiger partial charge in [0.25, 0.3) is 5.91 Å². The highest BCUT2D eigenvalue weighted by atomic mass is 19.4. The minimum Gasteiger partial charge on any atom is -0.378 e. The second-order valence-corrected chi connectivity index (χ2v) is 12.8. The number of nitrogens with one attached hydrogen (secondary N) is 1. The molecule has 1 amide bonds. The molecule has 2 bridgehead atoms. The van der Waals surface area contributed by atoms with E-state index in [2.05, 4.69) is 18.9 Å². The number of hydrogen-bond donors (Lipinski definition) is 2. The molecule has 7 atom stereocenters. The molecule has 3 aliphatic carbocycles. The van der Waals surface area contributed by atoms with Crippen LogP contribution in [0.15, 0.2) is 71.5 Å². The molecule has 220 valence electrons.